The first-order chi connectivity index (χ1) is 8.22. The molecule has 0 heterocycles. The van der Waals surface area contributed by atoms with Crippen molar-refractivity contribution in [3.8, 4) is 0 Å². The minimum absolute atomic E-state index is 0.202. The maximum atomic E-state index is 11.7. The summed E-state index contributed by atoms with van der Waals surface area (Å²) in [6.45, 7) is 2.80. The molecule has 1 atom stereocenters. The molecule has 100 valence electrons. The molecule has 17 heavy (non-hydrogen) atoms. The van der Waals surface area contributed by atoms with E-state index >= 15 is 0 Å². The van der Waals surface area contributed by atoms with Crippen LogP contribution < -0.4 is 5.32 Å². The van der Waals surface area contributed by atoms with Crippen LogP contribution in [0.2, 0.25) is 0 Å². The lowest BCUT2D eigenvalue weighted by Crippen LogP contribution is -2.27. The zero-order valence-electron chi connectivity index (χ0n) is 11.0. The fourth-order valence-electron chi connectivity index (χ4n) is 2.47. The Hall–Kier alpha value is -0.240. The van der Waals surface area contributed by atoms with Crippen molar-refractivity contribution in [1.29, 1.82) is 0 Å². The lowest BCUT2D eigenvalue weighted by atomic mass is 9.96. The summed E-state index contributed by atoms with van der Waals surface area (Å²) in [7, 11) is 0. The second-order valence-electron chi connectivity index (χ2n) is 5.21. The van der Waals surface area contributed by atoms with E-state index < -0.39 is 0 Å². The van der Waals surface area contributed by atoms with Crippen molar-refractivity contribution in [2.45, 2.75) is 70.1 Å². The monoisotopic (exact) mass is 259 g/mol. The van der Waals surface area contributed by atoms with Crippen LogP contribution >= 0.6 is 11.6 Å². The minimum Gasteiger partial charge on any atom is -0.356 e. The molecule has 0 aromatic carbocycles. The molecule has 1 N–H and O–H groups in total. The van der Waals surface area contributed by atoms with Gasteiger partial charge in [-0.2, -0.15) is 0 Å². The van der Waals surface area contributed by atoms with E-state index in [4.69, 9.17) is 11.6 Å². The Morgan fingerprint density at radius 3 is 2.53 bits per heavy atom. The van der Waals surface area contributed by atoms with Crippen LogP contribution in [-0.2, 0) is 4.79 Å². The Kier molecular flexibility index (Phi) is 7.67. The van der Waals surface area contributed by atoms with Gasteiger partial charge in [0.05, 0.1) is 0 Å². The molecule has 1 saturated carbocycles. The van der Waals surface area contributed by atoms with Crippen molar-refractivity contribution in [3.63, 3.8) is 0 Å². The normalized spacial score (nSPS) is 19.6. The lowest BCUT2D eigenvalue weighted by molar-refractivity contribution is -0.122. The van der Waals surface area contributed by atoms with Gasteiger partial charge in [-0.25, -0.2) is 0 Å². The molecule has 0 spiro atoms. The average molecular weight is 260 g/mol. The summed E-state index contributed by atoms with van der Waals surface area (Å²) in [6.07, 6.45) is 10.4. The standard InChI is InChI=1S/C14H26ClNO/c1-2-13(15)9-10-16-14(17)11-12-7-5-3-4-6-8-12/h12-13H,2-11H2,1H3,(H,16,17). The highest BCUT2D eigenvalue weighted by atomic mass is 35.5. The van der Waals surface area contributed by atoms with Gasteiger partial charge in [0.2, 0.25) is 5.91 Å². The molecule has 1 aliphatic rings. The molecule has 0 bridgehead atoms. The Morgan fingerprint density at radius 2 is 1.94 bits per heavy atom. The van der Waals surface area contributed by atoms with Crippen molar-refractivity contribution < 1.29 is 4.79 Å². The fraction of sp³-hybridized carbons (Fsp3) is 0.929. The summed E-state index contributed by atoms with van der Waals surface area (Å²) in [5.41, 5.74) is 0. The SMILES string of the molecule is CCC(Cl)CCNC(=O)CC1CCCCCC1. The molecule has 1 amide bonds. The number of alkyl halides is 1. The molecule has 0 aromatic rings. The van der Waals surface area contributed by atoms with Gasteiger partial charge in [-0.3, -0.25) is 4.79 Å². The van der Waals surface area contributed by atoms with Gasteiger partial charge in [-0.05, 0) is 31.6 Å². The minimum atomic E-state index is 0.202. The number of carbonyl (C=O) groups excluding carboxylic acids is 1. The molecule has 0 saturated heterocycles. The summed E-state index contributed by atoms with van der Waals surface area (Å²) in [4.78, 5) is 11.7. The van der Waals surface area contributed by atoms with Crippen molar-refractivity contribution >= 4 is 17.5 Å². The lowest BCUT2D eigenvalue weighted by Gasteiger charge is -2.14. The molecule has 3 heteroatoms. The highest BCUT2D eigenvalue weighted by molar-refractivity contribution is 6.20. The van der Waals surface area contributed by atoms with E-state index in [-0.39, 0.29) is 11.3 Å². The summed E-state index contributed by atoms with van der Waals surface area (Å²) in [6, 6.07) is 0. The Morgan fingerprint density at radius 1 is 1.29 bits per heavy atom. The van der Waals surface area contributed by atoms with Gasteiger partial charge < -0.3 is 5.32 Å². The van der Waals surface area contributed by atoms with Crippen molar-refractivity contribution in [2.75, 3.05) is 6.54 Å². The van der Waals surface area contributed by atoms with Crippen molar-refractivity contribution in [3.05, 3.63) is 0 Å². The van der Waals surface area contributed by atoms with Crippen LogP contribution in [0, 0.1) is 5.92 Å². The van der Waals surface area contributed by atoms with Crippen LogP contribution in [0.5, 0.6) is 0 Å². The molecule has 0 radical (unpaired) electrons. The molecule has 1 aliphatic carbocycles. The van der Waals surface area contributed by atoms with Crippen LogP contribution in [0.3, 0.4) is 0 Å². The predicted octanol–water partition coefficient (Wildman–Crippen LogP) is 3.87. The topological polar surface area (TPSA) is 29.1 Å². The Labute approximate surface area is 110 Å². The molecule has 0 aliphatic heterocycles. The zero-order chi connectivity index (χ0) is 12.5. The Bertz CT molecular complexity index is 212. The third-order valence-corrected chi connectivity index (χ3v) is 4.20. The average Bonchev–Trinajstić information content (AvgIpc) is 2.57. The zero-order valence-corrected chi connectivity index (χ0v) is 11.8. The van der Waals surface area contributed by atoms with Crippen LogP contribution in [0.15, 0.2) is 0 Å². The summed E-state index contributed by atoms with van der Waals surface area (Å²) in [5.74, 6) is 0.840. The van der Waals surface area contributed by atoms with Crippen LogP contribution in [-0.4, -0.2) is 17.8 Å². The van der Waals surface area contributed by atoms with Crippen molar-refractivity contribution in [2.24, 2.45) is 5.92 Å². The Balaban J connectivity index is 2.10. The number of carbonyl (C=O) groups is 1. The highest BCUT2D eigenvalue weighted by Crippen LogP contribution is 2.25. The maximum Gasteiger partial charge on any atom is 0.220 e. The number of hydrogen-bond donors (Lipinski definition) is 1. The molecule has 1 unspecified atom stereocenters. The molecular formula is C14H26ClNO. The van der Waals surface area contributed by atoms with Gasteiger partial charge in [0.25, 0.3) is 0 Å². The van der Waals surface area contributed by atoms with E-state index in [1.807, 2.05) is 0 Å². The first-order valence-electron chi connectivity index (χ1n) is 7.13. The first kappa shape index (κ1) is 14.8. The molecule has 1 rings (SSSR count). The summed E-state index contributed by atoms with van der Waals surface area (Å²) in [5, 5.41) is 3.19. The van der Waals surface area contributed by atoms with Crippen LogP contribution in [0.25, 0.3) is 0 Å². The predicted molar refractivity (Wildman–Crippen MR) is 73.4 cm³/mol. The van der Waals surface area contributed by atoms with Crippen molar-refractivity contribution in [1.82, 2.24) is 5.32 Å². The highest BCUT2D eigenvalue weighted by Gasteiger charge is 2.15. The van der Waals surface area contributed by atoms with E-state index in [1.165, 1.54) is 38.5 Å². The second-order valence-corrected chi connectivity index (χ2v) is 5.82. The van der Waals surface area contributed by atoms with Gasteiger partial charge in [0.15, 0.2) is 0 Å². The third-order valence-electron chi connectivity index (χ3n) is 3.67. The van der Waals surface area contributed by atoms with E-state index in [2.05, 4.69) is 12.2 Å². The second kappa shape index (κ2) is 8.79. The van der Waals surface area contributed by atoms with Gasteiger partial charge in [-0.1, -0.05) is 32.6 Å². The van der Waals surface area contributed by atoms with Crippen LogP contribution in [0.4, 0.5) is 0 Å². The van der Waals surface area contributed by atoms with Gasteiger partial charge >= 0.3 is 0 Å². The van der Waals surface area contributed by atoms with Gasteiger partial charge in [-0.15, -0.1) is 11.6 Å². The van der Waals surface area contributed by atoms with E-state index in [0.29, 0.717) is 5.92 Å². The molecule has 2 nitrogen and oxygen atoms in total. The maximum absolute atomic E-state index is 11.7. The van der Waals surface area contributed by atoms with Gasteiger partial charge in [0, 0.05) is 18.3 Å². The number of rotatable bonds is 6. The number of amides is 1. The molecule has 0 aromatic heterocycles. The van der Waals surface area contributed by atoms with E-state index in [9.17, 15) is 4.79 Å². The number of halogens is 1. The third kappa shape index (κ3) is 6.92. The largest absolute Gasteiger partial charge is 0.356 e. The molecule has 1 fully saturated rings. The van der Waals surface area contributed by atoms with Crippen LogP contribution in [0.1, 0.15) is 64.7 Å². The summed E-state index contributed by atoms with van der Waals surface area (Å²) >= 11 is 6.01. The van der Waals surface area contributed by atoms with Gasteiger partial charge in [0.1, 0.15) is 0 Å². The molecular weight excluding hydrogens is 234 g/mol. The van der Waals surface area contributed by atoms with E-state index in [1.54, 1.807) is 0 Å². The number of hydrogen-bond acceptors (Lipinski definition) is 1. The summed E-state index contributed by atoms with van der Waals surface area (Å²) < 4.78 is 0. The van der Waals surface area contributed by atoms with E-state index in [0.717, 1.165) is 25.8 Å². The first-order valence-corrected chi connectivity index (χ1v) is 7.56. The number of nitrogens with one attached hydrogen (secondary N) is 1. The fourth-order valence-corrected chi connectivity index (χ4v) is 2.58. The smallest absolute Gasteiger partial charge is 0.220 e. The quantitative estimate of drug-likeness (QED) is 0.569.